The molecule has 3 nitrogen and oxygen atoms in total. The lowest BCUT2D eigenvalue weighted by atomic mass is 10.0. The Balaban J connectivity index is 2.47. The molecule has 13 heavy (non-hydrogen) atoms. The van der Waals surface area contributed by atoms with E-state index in [4.69, 9.17) is 0 Å². The van der Waals surface area contributed by atoms with Crippen molar-refractivity contribution in [3.8, 4) is 0 Å². The number of carbonyl (C=O) groups excluding carboxylic acids is 1. The smallest absolute Gasteiger partial charge is 0.222 e. The van der Waals surface area contributed by atoms with Crippen LogP contribution in [0.5, 0.6) is 0 Å². The number of hydrogen-bond acceptors (Lipinski definition) is 2. The number of amides is 1. The lowest BCUT2D eigenvalue weighted by molar-refractivity contribution is -0.133. The zero-order valence-corrected chi connectivity index (χ0v) is 8.89. The summed E-state index contributed by atoms with van der Waals surface area (Å²) in [6, 6.07) is 0. The first-order valence-corrected chi connectivity index (χ1v) is 5.08. The number of carbonyl (C=O) groups is 1. The van der Waals surface area contributed by atoms with E-state index in [2.05, 4.69) is 19.2 Å². The van der Waals surface area contributed by atoms with Gasteiger partial charge < -0.3 is 10.2 Å². The van der Waals surface area contributed by atoms with E-state index in [1.54, 1.807) is 0 Å². The van der Waals surface area contributed by atoms with Crippen LogP contribution in [0.1, 0.15) is 33.6 Å². The predicted octanol–water partition coefficient (Wildman–Crippen LogP) is 0.997. The highest BCUT2D eigenvalue weighted by atomic mass is 16.2. The molecule has 1 saturated heterocycles. The van der Waals surface area contributed by atoms with Crippen LogP contribution in [0.25, 0.3) is 0 Å². The highest BCUT2D eigenvalue weighted by molar-refractivity contribution is 5.76. The molecule has 1 aliphatic rings. The van der Waals surface area contributed by atoms with E-state index in [0.717, 1.165) is 26.1 Å². The molecule has 0 atom stereocenters. The Labute approximate surface area is 80.5 Å². The largest absolute Gasteiger partial charge is 0.340 e. The Kier molecular flexibility index (Phi) is 3.31. The van der Waals surface area contributed by atoms with E-state index in [1.165, 1.54) is 0 Å². The molecule has 76 valence electrons. The van der Waals surface area contributed by atoms with E-state index >= 15 is 0 Å². The third-order valence-corrected chi connectivity index (χ3v) is 2.39. The van der Waals surface area contributed by atoms with Crippen molar-refractivity contribution in [1.29, 1.82) is 0 Å². The van der Waals surface area contributed by atoms with Gasteiger partial charge in [-0.15, -0.1) is 0 Å². The van der Waals surface area contributed by atoms with Crippen molar-refractivity contribution < 1.29 is 4.79 Å². The molecule has 0 aromatic carbocycles. The summed E-state index contributed by atoms with van der Waals surface area (Å²) in [6.45, 7) is 8.94. The van der Waals surface area contributed by atoms with Crippen molar-refractivity contribution in [2.75, 3.05) is 19.6 Å². The second-order valence-corrected chi connectivity index (χ2v) is 4.38. The van der Waals surface area contributed by atoms with Crippen LogP contribution in [0, 0.1) is 0 Å². The first kappa shape index (κ1) is 10.5. The molecule has 1 heterocycles. The maximum Gasteiger partial charge on any atom is 0.222 e. The van der Waals surface area contributed by atoms with Crippen LogP contribution in [-0.2, 0) is 4.79 Å². The number of rotatable bonds is 2. The van der Waals surface area contributed by atoms with Crippen molar-refractivity contribution in [3.05, 3.63) is 0 Å². The zero-order chi connectivity index (χ0) is 9.90. The Morgan fingerprint density at radius 3 is 2.77 bits per heavy atom. The first-order valence-electron chi connectivity index (χ1n) is 5.08. The molecule has 0 bridgehead atoms. The average molecular weight is 184 g/mol. The SMILES string of the molecule is CCCC(=O)N1CCNC(C)(C)C1. The molecule has 0 spiro atoms. The zero-order valence-electron chi connectivity index (χ0n) is 8.89. The van der Waals surface area contributed by atoms with Crippen LogP contribution < -0.4 is 5.32 Å². The molecule has 0 radical (unpaired) electrons. The van der Waals surface area contributed by atoms with E-state index in [1.807, 2.05) is 11.8 Å². The highest BCUT2D eigenvalue weighted by Gasteiger charge is 2.27. The first-order chi connectivity index (χ1) is 6.05. The normalized spacial score (nSPS) is 21.6. The van der Waals surface area contributed by atoms with E-state index in [-0.39, 0.29) is 5.54 Å². The van der Waals surface area contributed by atoms with Gasteiger partial charge in [0.2, 0.25) is 5.91 Å². The average Bonchev–Trinajstić information content (AvgIpc) is 2.03. The maximum absolute atomic E-state index is 11.6. The van der Waals surface area contributed by atoms with Crippen LogP contribution >= 0.6 is 0 Å². The van der Waals surface area contributed by atoms with Gasteiger partial charge in [-0.1, -0.05) is 6.92 Å². The summed E-state index contributed by atoms with van der Waals surface area (Å²) in [5.41, 5.74) is 0.0850. The molecule has 1 N–H and O–H groups in total. The number of hydrogen-bond donors (Lipinski definition) is 1. The summed E-state index contributed by atoms with van der Waals surface area (Å²) in [5, 5.41) is 3.39. The van der Waals surface area contributed by atoms with Gasteiger partial charge in [0, 0.05) is 31.6 Å². The third-order valence-electron chi connectivity index (χ3n) is 2.39. The standard InChI is InChI=1S/C10H20N2O/c1-4-5-9(13)12-7-6-11-10(2,3)8-12/h11H,4-8H2,1-3H3. The van der Waals surface area contributed by atoms with Gasteiger partial charge in [0.1, 0.15) is 0 Å². The molecule has 1 fully saturated rings. The Morgan fingerprint density at radius 1 is 1.54 bits per heavy atom. The fraction of sp³-hybridized carbons (Fsp3) is 0.900. The summed E-state index contributed by atoms with van der Waals surface area (Å²) >= 11 is 0. The molecule has 0 aromatic rings. The highest BCUT2D eigenvalue weighted by Crippen LogP contribution is 2.11. The third kappa shape index (κ3) is 2.99. The Bertz CT molecular complexity index is 189. The second-order valence-electron chi connectivity index (χ2n) is 4.38. The van der Waals surface area contributed by atoms with Crippen LogP contribution in [0.15, 0.2) is 0 Å². The molecule has 0 saturated carbocycles. The molecule has 1 rings (SSSR count). The molecule has 1 aliphatic heterocycles. The van der Waals surface area contributed by atoms with Crippen LogP contribution in [0.4, 0.5) is 0 Å². The minimum atomic E-state index is 0.0850. The number of nitrogens with one attached hydrogen (secondary N) is 1. The van der Waals surface area contributed by atoms with Crippen molar-refractivity contribution in [2.24, 2.45) is 0 Å². The van der Waals surface area contributed by atoms with Gasteiger partial charge in [0.15, 0.2) is 0 Å². The van der Waals surface area contributed by atoms with Gasteiger partial charge in [0.25, 0.3) is 0 Å². The molecule has 3 heteroatoms. The van der Waals surface area contributed by atoms with Gasteiger partial charge in [0.05, 0.1) is 0 Å². The Morgan fingerprint density at radius 2 is 2.23 bits per heavy atom. The van der Waals surface area contributed by atoms with Gasteiger partial charge in [-0.25, -0.2) is 0 Å². The fourth-order valence-electron chi connectivity index (χ4n) is 1.73. The van der Waals surface area contributed by atoms with Crippen LogP contribution in [0.3, 0.4) is 0 Å². The fourth-order valence-corrected chi connectivity index (χ4v) is 1.73. The minimum absolute atomic E-state index is 0.0850. The number of nitrogens with zero attached hydrogens (tertiary/aromatic N) is 1. The van der Waals surface area contributed by atoms with Gasteiger partial charge >= 0.3 is 0 Å². The monoisotopic (exact) mass is 184 g/mol. The van der Waals surface area contributed by atoms with Crippen molar-refractivity contribution in [1.82, 2.24) is 10.2 Å². The van der Waals surface area contributed by atoms with Gasteiger partial charge in [-0.05, 0) is 20.3 Å². The summed E-state index contributed by atoms with van der Waals surface area (Å²) in [4.78, 5) is 13.6. The molecule has 0 aliphatic carbocycles. The van der Waals surface area contributed by atoms with Crippen LogP contribution in [-0.4, -0.2) is 36.0 Å². The molecule has 0 unspecified atom stereocenters. The summed E-state index contributed by atoms with van der Waals surface area (Å²) in [6.07, 6.45) is 1.64. The second kappa shape index (κ2) is 4.09. The topological polar surface area (TPSA) is 32.3 Å². The molecular weight excluding hydrogens is 164 g/mol. The molecule has 1 amide bonds. The van der Waals surface area contributed by atoms with Crippen molar-refractivity contribution in [3.63, 3.8) is 0 Å². The molecule has 0 aromatic heterocycles. The Hall–Kier alpha value is -0.570. The summed E-state index contributed by atoms with van der Waals surface area (Å²) in [7, 11) is 0. The van der Waals surface area contributed by atoms with E-state index in [9.17, 15) is 4.79 Å². The van der Waals surface area contributed by atoms with Crippen LogP contribution in [0.2, 0.25) is 0 Å². The quantitative estimate of drug-likeness (QED) is 0.694. The number of piperazine rings is 1. The predicted molar refractivity (Wildman–Crippen MR) is 53.6 cm³/mol. The van der Waals surface area contributed by atoms with Gasteiger partial charge in [-0.3, -0.25) is 4.79 Å². The van der Waals surface area contributed by atoms with E-state index < -0.39 is 0 Å². The van der Waals surface area contributed by atoms with Gasteiger partial charge in [-0.2, -0.15) is 0 Å². The summed E-state index contributed by atoms with van der Waals surface area (Å²) < 4.78 is 0. The maximum atomic E-state index is 11.6. The minimum Gasteiger partial charge on any atom is -0.340 e. The summed E-state index contributed by atoms with van der Waals surface area (Å²) in [5.74, 6) is 0.303. The lowest BCUT2D eigenvalue weighted by Gasteiger charge is -2.39. The van der Waals surface area contributed by atoms with Crippen molar-refractivity contribution in [2.45, 2.75) is 39.2 Å². The van der Waals surface area contributed by atoms with Crippen molar-refractivity contribution >= 4 is 5.91 Å². The van der Waals surface area contributed by atoms with E-state index in [0.29, 0.717) is 12.3 Å². The lowest BCUT2D eigenvalue weighted by Crippen LogP contribution is -2.58. The molecular formula is C10H20N2O.